The average molecular weight is 511 g/mol. The molecule has 37 heavy (non-hydrogen) atoms. The van der Waals surface area contributed by atoms with Crippen LogP contribution in [0.2, 0.25) is 0 Å². The number of sulfonamides is 1. The van der Waals surface area contributed by atoms with Crippen LogP contribution in [0.4, 0.5) is 11.4 Å². The molecule has 0 amide bonds. The molecule has 0 spiro atoms. The molecular formula is C31H30N2O3S. The highest BCUT2D eigenvalue weighted by atomic mass is 32.2. The van der Waals surface area contributed by atoms with Crippen molar-refractivity contribution in [1.82, 2.24) is 0 Å². The highest BCUT2D eigenvalue weighted by molar-refractivity contribution is 7.92. The molecule has 0 saturated heterocycles. The number of allylic oxidation sites excluding steroid dienone is 2. The zero-order valence-corrected chi connectivity index (χ0v) is 21.8. The molecule has 5 nitrogen and oxygen atoms in total. The Bertz CT molecular complexity index is 1600. The summed E-state index contributed by atoms with van der Waals surface area (Å²) in [6.07, 6.45) is 5.37. The molecule has 188 valence electrons. The first kappa shape index (κ1) is 23.6. The summed E-state index contributed by atoms with van der Waals surface area (Å²) < 4.78 is 34.8. The average Bonchev–Trinajstić information content (AvgIpc) is 3.43. The van der Waals surface area contributed by atoms with E-state index in [1.807, 2.05) is 55.5 Å². The fourth-order valence-corrected chi connectivity index (χ4v) is 7.52. The lowest BCUT2D eigenvalue weighted by Gasteiger charge is -2.38. The summed E-state index contributed by atoms with van der Waals surface area (Å²) in [6, 6.07) is 27.4. The van der Waals surface area contributed by atoms with Crippen molar-refractivity contribution in [1.29, 1.82) is 0 Å². The van der Waals surface area contributed by atoms with Crippen molar-refractivity contribution in [3.05, 3.63) is 108 Å². The van der Waals surface area contributed by atoms with Gasteiger partial charge in [0.1, 0.15) is 5.75 Å². The molecule has 0 bridgehead atoms. The number of para-hydroxylation sites is 1. The molecule has 1 N–H and O–H groups in total. The van der Waals surface area contributed by atoms with E-state index >= 15 is 0 Å². The molecule has 6 heteroatoms. The zero-order chi connectivity index (χ0) is 25.6. The van der Waals surface area contributed by atoms with Crippen LogP contribution >= 0.6 is 0 Å². The maximum absolute atomic E-state index is 13.7. The van der Waals surface area contributed by atoms with Crippen molar-refractivity contribution < 1.29 is 13.2 Å². The molecule has 4 aromatic rings. The third-order valence-electron chi connectivity index (χ3n) is 7.72. The van der Waals surface area contributed by atoms with Gasteiger partial charge < -0.3 is 10.1 Å². The largest absolute Gasteiger partial charge is 0.496 e. The van der Waals surface area contributed by atoms with Gasteiger partial charge in [0.2, 0.25) is 0 Å². The summed E-state index contributed by atoms with van der Waals surface area (Å²) in [4.78, 5) is 0.319. The number of hydrogen-bond acceptors (Lipinski definition) is 4. The predicted molar refractivity (Wildman–Crippen MR) is 150 cm³/mol. The molecule has 0 fully saturated rings. The summed E-state index contributed by atoms with van der Waals surface area (Å²) in [7, 11) is -1.99. The van der Waals surface area contributed by atoms with Gasteiger partial charge in [-0.25, -0.2) is 8.42 Å². The number of nitrogens with one attached hydrogen (secondary N) is 1. The molecule has 6 rings (SSSR count). The van der Waals surface area contributed by atoms with Gasteiger partial charge in [-0.05, 0) is 72.0 Å². The van der Waals surface area contributed by atoms with Gasteiger partial charge in [-0.2, -0.15) is 0 Å². The Balaban J connectivity index is 1.44. The summed E-state index contributed by atoms with van der Waals surface area (Å²) in [6.45, 7) is 2.22. The molecule has 3 atom stereocenters. The molecular weight excluding hydrogens is 480 g/mol. The lowest BCUT2D eigenvalue weighted by Crippen LogP contribution is -2.32. The summed E-state index contributed by atoms with van der Waals surface area (Å²) in [5, 5.41) is 6.13. The molecule has 1 heterocycles. The summed E-state index contributed by atoms with van der Waals surface area (Å²) in [5.41, 5.74) is 3.82. The first-order valence-corrected chi connectivity index (χ1v) is 14.2. The molecule has 4 aromatic carbocycles. The van der Waals surface area contributed by atoms with Crippen LogP contribution in [0.15, 0.2) is 102 Å². The van der Waals surface area contributed by atoms with E-state index in [0.29, 0.717) is 17.1 Å². The molecule has 0 radical (unpaired) electrons. The smallest absolute Gasteiger partial charge is 0.264 e. The van der Waals surface area contributed by atoms with E-state index in [9.17, 15) is 8.42 Å². The van der Waals surface area contributed by atoms with E-state index in [4.69, 9.17) is 4.74 Å². The fraction of sp³-hybridized carbons (Fsp3) is 0.226. The quantitative estimate of drug-likeness (QED) is 0.287. The molecule has 2 aliphatic rings. The van der Waals surface area contributed by atoms with Gasteiger partial charge >= 0.3 is 0 Å². The Kier molecular flexibility index (Phi) is 5.92. The van der Waals surface area contributed by atoms with Gasteiger partial charge in [0.05, 0.1) is 23.7 Å². The van der Waals surface area contributed by atoms with Crippen molar-refractivity contribution in [3.8, 4) is 5.75 Å². The van der Waals surface area contributed by atoms with Crippen molar-refractivity contribution >= 4 is 32.2 Å². The third kappa shape index (κ3) is 3.87. The van der Waals surface area contributed by atoms with Crippen LogP contribution < -0.4 is 14.4 Å². The molecule has 3 unspecified atom stereocenters. The van der Waals surface area contributed by atoms with E-state index in [2.05, 4.69) is 47.8 Å². The van der Waals surface area contributed by atoms with Crippen LogP contribution in [0, 0.1) is 5.92 Å². The Morgan fingerprint density at radius 3 is 2.54 bits per heavy atom. The van der Waals surface area contributed by atoms with E-state index in [0.717, 1.165) is 29.0 Å². The Labute approximate surface area is 218 Å². The maximum atomic E-state index is 13.7. The highest BCUT2D eigenvalue weighted by Gasteiger charge is 2.40. The van der Waals surface area contributed by atoms with E-state index in [-0.39, 0.29) is 17.9 Å². The van der Waals surface area contributed by atoms with Gasteiger partial charge in [0, 0.05) is 23.7 Å². The number of anilines is 2. The highest BCUT2D eigenvalue weighted by Crippen LogP contribution is 2.52. The van der Waals surface area contributed by atoms with Gasteiger partial charge in [0.15, 0.2) is 0 Å². The Morgan fingerprint density at radius 2 is 1.76 bits per heavy atom. The summed E-state index contributed by atoms with van der Waals surface area (Å²) >= 11 is 0. The minimum atomic E-state index is -3.71. The minimum Gasteiger partial charge on any atom is -0.496 e. The van der Waals surface area contributed by atoms with Crippen molar-refractivity contribution in [3.63, 3.8) is 0 Å². The van der Waals surface area contributed by atoms with Crippen LogP contribution in [0.1, 0.15) is 36.4 Å². The minimum absolute atomic E-state index is 0.0347. The number of nitrogens with zero attached hydrogens (tertiary/aromatic N) is 1. The molecule has 0 saturated carbocycles. The van der Waals surface area contributed by atoms with Crippen LogP contribution in [-0.2, 0) is 10.0 Å². The molecule has 0 aromatic heterocycles. The number of rotatable bonds is 6. The number of methoxy groups -OCH3 is 1. The zero-order valence-electron chi connectivity index (χ0n) is 21.0. The first-order chi connectivity index (χ1) is 18.0. The van der Waals surface area contributed by atoms with Crippen LogP contribution in [0.3, 0.4) is 0 Å². The van der Waals surface area contributed by atoms with Crippen molar-refractivity contribution in [2.75, 3.05) is 23.3 Å². The predicted octanol–water partition coefficient (Wildman–Crippen LogP) is 6.89. The van der Waals surface area contributed by atoms with Crippen LogP contribution in [0.25, 0.3) is 10.8 Å². The van der Waals surface area contributed by atoms with Crippen LogP contribution in [-0.4, -0.2) is 22.1 Å². The second-order valence-corrected chi connectivity index (χ2v) is 11.5. The van der Waals surface area contributed by atoms with E-state index in [1.165, 1.54) is 15.1 Å². The van der Waals surface area contributed by atoms with Crippen molar-refractivity contribution in [2.45, 2.75) is 30.2 Å². The normalized spacial score (nSPS) is 20.2. The first-order valence-electron chi connectivity index (χ1n) is 12.7. The van der Waals surface area contributed by atoms with Crippen molar-refractivity contribution in [2.24, 2.45) is 5.92 Å². The molecule has 1 aliphatic heterocycles. The topological polar surface area (TPSA) is 58.6 Å². The second kappa shape index (κ2) is 9.27. The summed E-state index contributed by atoms with van der Waals surface area (Å²) in [5.74, 6) is 1.24. The van der Waals surface area contributed by atoms with Gasteiger partial charge in [-0.1, -0.05) is 60.7 Å². The SMILES string of the molecule is CCN(c1ccccc1)S(=O)(=O)c1ccc2c(c1)C1C=CCC1C(c1c(OC)ccc3ccccc13)N2. The Hall–Kier alpha value is -3.77. The fourth-order valence-electron chi connectivity index (χ4n) is 6.01. The maximum Gasteiger partial charge on any atom is 0.264 e. The Morgan fingerprint density at radius 1 is 0.973 bits per heavy atom. The molecule has 1 aliphatic carbocycles. The standard InChI is InChI=1S/C31H30N2O3S/c1-3-33(22-11-5-4-6-12-22)37(34,35)23-17-18-28-27(20-23)25-14-9-15-26(25)31(32-28)30-24-13-8-7-10-21(24)16-19-29(30)36-2/h4-14,16-20,25-26,31-32H,3,15H2,1-2H3. The lowest BCUT2D eigenvalue weighted by molar-refractivity contribution is 0.383. The monoisotopic (exact) mass is 510 g/mol. The second-order valence-electron chi connectivity index (χ2n) is 9.63. The van der Waals surface area contributed by atoms with E-state index in [1.54, 1.807) is 13.2 Å². The lowest BCUT2D eigenvalue weighted by atomic mass is 9.76. The number of benzene rings is 4. The number of hydrogen-bond donors (Lipinski definition) is 1. The third-order valence-corrected chi connectivity index (χ3v) is 9.61. The van der Waals surface area contributed by atoms with Crippen LogP contribution in [0.5, 0.6) is 5.75 Å². The van der Waals surface area contributed by atoms with Gasteiger partial charge in [-0.15, -0.1) is 0 Å². The number of ether oxygens (including phenoxy) is 1. The number of fused-ring (bicyclic) bond motifs is 4. The van der Waals surface area contributed by atoms with Gasteiger partial charge in [0.25, 0.3) is 10.0 Å². The van der Waals surface area contributed by atoms with Gasteiger partial charge in [-0.3, -0.25) is 4.31 Å². The van der Waals surface area contributed by atoms with E-state index < -0.39 is 10.0 Å².